The fourth-order valence-electron chi connectivity index (χ4n) is 10.3. The van der Waals surface area contributed by atoms with Crippen LogP contribution in [0.1, 0.15) is 107 Å². The average Bonchev–Trinajstić information content (AvgIpc) is 3.30. The third kappa shape index (κ3) is 3.92. The Morgan fingerprint density at radius 3 is 1.98 bits per heavy atom. The minimum atomic E-state index is -0.781. The van der Waals surface area contributed by atoms with Crippen molar-refractivity contribution in [2.24, 2.45) is 46.8 Å². The quantitative estimate of drug-likeness (QED) is 0.355. The molecule has 16 atom stereocenters. The Morgan fingerprint density at radius 2 is 1.24 bits per heavy atom. The van der Waals surface area contributed by atoms with Gasteiger partial charge in [-0.3, -0.25) is 0 Å². The van der Waals surface area contributed by atoms with Crippen molar-refractivity contribution in [1.29, 1.82) is 0 Å². The SMILES string of the molecule is C[C@@H]1CC[C@@]2(C)[C@@H](C)[C@H](C)O[C@@H]3O[C@]4(C)CC[C@@H]1[C@]32OO4.C[C@H]1[C@H](O)O[C@@H]2O[C@]3(C)CC[C@H]4[C@H](C)CC[C@@H]1[C@@]24OO3. The molecule has 9 nitrogen and oxygen atoms in total. The molecule has 0 aromatic carbocycles. The second kappa shape index (κ2) is 9.57. The van der Waals surface area contributed by atoms with E-state index in [0.717, 1.165) is 38.5 Å². The molecule has 10 fully saturated rings. The van der Waals surface area contributed by atoms with Crippen LogP contribution in [0.15, 0.2) is 0 Å². The molecule has 0 aromatic rings. The van der Waals surface area contributed by atoms with Crippen LogP contribution >= 0.6 is 0 Å². The zero-order valence-corrected chi connectivity index (χ0v) is 26.2. The Balaban J connectivity index is 0.000000135. The first-order valence-electron chi connectivity index (χ1n) is 16.4. The minimum Gasteiger partial charge on any atom is -0.368 e. The highest BCUT2D eigenvalue weighted by Crippen LogP contribution is 2.66. The smallest absolute Gasteiger partial charge is 0.201 e. The van der Waals surface area contributed by atoms with E-state index in [1.807, 2.05) is 20.8 Å². The van der Waals surface area contributed by atoms with Gasteiger partial charge >= 0.3 is 0 Å². The number of aliphatic hydroxyl groups excluding tert-OH is 1. The van der Waals surface area contributed by atoms with Gasteiger partial charge in [0, 0.05) is 30.1 Å². The van der Waals surface area contributed by atoms with Crippen LogP contribution in [0.3, 0.4) is 0 Å². The van der Waals surface area contributed by atoms with Crippen LogP contribution < -0.4 is 0 Å². The second-order valence-electron chi connectivity index (χ2n) is 15.5. The summed E-state index contributed by atoms with van der Waals surface area (Å²) in [7, 11) is 0. The van der Waals surface area contributed by atoms with E-state index in [1.54, 1.807) is 0 Å². The molecule has 0 unspecified atom stereocenters. The molecule has 8 saturated heterocycles. The van der Waals surface area contributed by atoms with Crippen LogP contribution in [0.2, 0.25) is 0 Å². The molecule has 10 aliphatic rings. The van der Waals surface area contributed by atoms with Gasteiger partial charge in [0.2, 0.25) is 11.6 Å². The second-order valence-corrected chi connectivity index (χ2v) is 15.5. The molecule has 0 radical (unpaired) electrons. The van der Waals surface area contributed by atoms with Crippen molar-refractivity contribution >= 4 is 0 Å². The molecule has 234 valence electrons. The number of fused-ring (bicyclic) bond motifs is 4. The van der Waals surface area contributed by atoms with Crippen LogP contribution in [0.4, 0.5) is 0 Å². The van der Waals surface area contributed by atoms with Crippen molar-refractivity contribution < 1.29 is 43.6 Å². The third-order valence-electron chi connectivity index (χ3n) is 13.4. The highest BCUT2D eigenvalue weighted by molar-refractivity contribution is 5.15. The van der Waals surface area contributed by atoms with Crippen molar-refractivity contribution in [3.05, 3.63) is 0 Å². The third-order valence-corrected chi connectivity index (χ3v) is 13.4. The van der Waals surface area contributed by atoms with Crippen molar-refractivity contribution in [2.75, 3.05) is 0 Å². The fourth-order valence-corrected chi connectivity index (χ4v) is 10.3. The molecule has 0 amide bonds. The van der Waals surface area contributed by atoms with Crippen LogP contribution in [-0.4, -0.2) is 52.9 Å². The largest absolute Gasteiger partial charge is 0.368 e. The molecular formula is C32H52O9. The van der Waals surface area contributed by atoms with Gasteiger partial charge in [0.25, 0.3) is 0 Å². The summed E-state index contributed by atoms with van der Waals surface area (Å²) in [5.74, 6) is 1.27. The maximum Gasteiger partial charge on any atom is 0.201 e. The molecule has 4 bridgehead atoms. The maximum atomic E-state index is 10.2. The van der Waals surface area contributed by atoms with E-state index in [9.17, 15) is 5.11 Å². The van der Waals surface area contributed by atoms with E-state index >= 15 is 0 Å². The topological polar surface area (TPSA) is 94.1 Å². The lowest BCUT2D eigenvalue weighted by molar-refractivity contribution is -0.580. The first-order chi connectivity index (χ1) is 19.3. The van der Waals surface area contributed by atoms with E-state index in [4.69, 9.17) is 38.5 Å². The van der Waals surface area contributed by atoms with Gasteiger partial charge in [-0.2, -0.15) is 0 Å². The van der Waals surface area contributed by atoms with Crippen molar-refractivity contribution in [1.82, 2.24) is 0 Å². The predicted molar refractivity (Wildman–Crippen MR) is 146 cm³/mol. The van der Waals surface area contributed by atoms with Crippen molar-refractivity contribution in [3.8, 4) is 0 Å². The van der Waals surface area contributed by atoms with Gasteiger partial charge in [0.05, 0.1) is 6.10 Å². The van der Waals surface area contributed by atoms with E-state index in [1.165, 1.54) is 12.8 Å². The Kier molecular flexibility index (Phi) is 6.85. The summed E-state index contributed by atoms with van der Waals surface area (Å²) in [5.41, 5.74) is -0.961. The van der Waals surface area contributed by atoms with E-state index < -0.39 is 35.4 Å². The lowest BCUT2D eigenvalue weighted by Gasteiger charge is -2.65. The van der Waals surface area contributed by atoms with Crippen LogP contribution in [0.5, 0.6) is 0 Å². The fraction of sp³-hybridized carbons (Fsp3) is 1.00. The Labute approximate surface area is 245 Å². The minimum absolute atomic E-state index is 0.0379. The molecule has 0 aromatic heterocycles. The predicted octanol–water partition coefficient (Wildman–Crippen LogP) is 5.83. The van der Waals surface area contributed by atoms with Gasteiger partial charge in [0.1, 0.15) is 0 Å². The number of ether oxygens (including phenoxy) is 4. The van der Waals surface area contributed by atoms with Gasteiger partial charge < -0.3 is 24.1 Å². The number of aliphatic hydroxyl groups is 1. The Bertz CT molecular complexity index is 1020. The summed E-state index contributed by atoms with van der Waals surface area (Å²) in [5, 5.41) is 10.2. The molecule has 8 heterocycles. The summed E-state index contributed by atoms with van der Waals surface area (Å²) < 4.78 is 24.4. The molecule has 1 N–H and O–H groups in total. The molecule has 10 rings (SSSR count). The molecule has 41 heavy (non-hydrogen) atoms. The lowest BCUT2D eigenvalue weighted by Crippen LogP contribution is -2.74. The molecule has 8 aliphatic heterocycles. The normalized spacial score (nSPS) is 62.4. The monoisotopic (exact) mass is 580 g/mol. The van der Waals surface area contributed by atoms with Crippen LogP contribution in [-0.2, 0) is 38.5 Å². The zero-order chi connectivity index (χ0) is 29.2. The first kappa shape index (κ1) is 29.4. The highest BCUT2D eigenvalue weighted by atomic mass is 17.3. The number of hydrogen-bond donors (Lipinski definition) is 1. The Morgan fingerprint density at radius 1 is 0.610 bits per heavy atom. The van der Waals surface area contributed by atoms with Gasteiger partial charge in [0.15, 0.2) is 30.1 Å². The summed E-state index contributed by atoms with van der Waals surface area (Å²) in [6.45, 7) is 17.4. The van der Waals surface area contributed by atoms with Gasteiger partial charge in [-0.25, -0.2) is 19.6 Å². The lowest BCUT2D eigenvalue weighted by atomic mass is 9.49. The molecular weight excluding hydrogens is 528 g/mol. The summed E-state index contributed by atoms with van der Waals surface area (Å²) in [4.78, 5) is 23.6. The maximum absolute atomic E-state index is 10.2. The number of rotatable bonds is 0. The van der Waals surface area contributed by atoms with Crippen molar-refractivity contribution in [3.63, 3.8) is 0 Å². The Hall–Kier alpha value is -0.360. The summed E-state index contributed by atoms with van der Waals surface area (Å²) in [6, 6.07) is 0. The van der Waals surface area contributed by atoms with E-state index in [0.29, 0.717) is 29.6 Å². The van der Waals surface area contributed by atoms with E-state index in [2.05, 4.69) is 34.6 Å². The van der Waals surface area contributed by atoms with Gasteiger partial charge in [-0.15, -0.1) is 0 Å². The zero-order valence-electron chi connectivity index (χ0n) is 26.2. The summed E-state index contributed by atoms with van der Waals surface area (Å²) >= 11 is 0. The highest BCUT2D eigenvalue weighted by Gasteiger charge is 2.74. The standard InChI is InChI=1S/C17H28O4.C15H24O5/c1-10-6-8-15(4)11(2)12(3)18-14-17(15)13(10)7-9-16(5,19-14)20-21-17;1-8-4-5-11-9(2)12(16)17-13-15(11)10(8)6-7-14(3,18-13)19-20-15/h10-14H,6-9H2,1-5H3;8-13,16H,4-7H2,1-3H3/t10-,11+,12+,13+,14-,15+,16+,17+;8-,9-,10+,11+,12-,13-,14+,15-/m11/s1. The first-order valence-corrected chi connectivity index (χ1v) is 16.4. The van der Waals surface area contributed by atoms with Gasteiger partial charge in [-0.05, 0) is 88.9 Å². The van der Waals surface area contributed by atoms with E-state index in [-0.39, 0.29) is 29.6 Å². The molecule has 2 spiro atoms. The van der Waals surface area contributed by atoms with Crippen LogP contribution in [0.25, 0.3) is 0 Å². The molecule has 9 heteroatoms. The molecule has 2 saturated carbocycles. The molecule has 2 aliphatic carbocycles. The van der Waals surface area contributed by atoms with Crippen molar-refractivity contribution in [2.45, 2.75) is 155 Å². The average molecular weight is 581 g/mol. The number of hydrogen-bond acceptors (Lipinski definition) is 9. The van der Waals surface area contributed by atoms with Crippen LogP contribution in [0, 0.1) is 46.8 Å². The van der Waals surface area contributed by atoms with Gasteiger partial charge in [-0.1, -0.05) is 34.6 Å². The summed E-state index contributed by atoms with van der Waals surface area (Å²) in [6.07, 6.45) is 6.98.